The second-order valence-electron chi connectivity index (χ2n) is 4.43. The number of hydrogen-bond donors (Lipinski definition) is 1. The van der Waals surface area contributed by atoms with E-state index < -0.39 is 11.4 Å². The number of rotatable bonds is 2. The fraction of sp³-hybridized carbons (Fsp3) is 0.200. The SMILES string of the molecule is CC1=C(c2ccccc2)CC(C#N)(C(=O)O)C=C1. The van der Waals surface area contributed by atoms with Gasteiger partial charge in [0.05, 0.1) is 6.07 Å². The first-order valence-electron chi connectivity index (χ1n) is 5.68. The number of benzene rings is 1. The van der Waals surface area contributed by atoms with Crippen LogP contribution < -0.4 is 0 Å². The van der Waals surface area contributed by atoms with Crippen LogP contribution in [0.5, 0.6) is 0 Å². The molecule has 0 amide bonds. The topological polar surface area (TPSA) is 61.1 Å². The molecule has 1 N–H and O–H groups in total. The van der Waals surface area contributed by atoms with Crippen molar-refractivity contribution in [1.29, 1.82) is 5.26 Å². The quantitative estimate of drug-likeness (QED) is 0.862. The number of carboxylic acids is 1. The molecule has 0 saturated carbocycles. The number of nitrogens with zero attached hydrogens (tertiary/aromatic N) is 1. The van der Waals surface area contributed by atoms with Crippen LogP contribution in [0.15, 0.2) is 48.1 Å². The van der Waals surface area contributed by atoms with Crippen LogP contribution in [0, 0.1) is 16.7 Å². The van der Waals surface area contributed by atoms with Crippen molar-refractivity contribution in [2.45, 2.75) is 13.3 Å². The van der Waals surface area contributed by atoms with E-state index in [4.69, 9.17) is 5.26 Å². The molecule has 1 atom stereocenters. The molecule has 18 heavy (non-hydrogen) atoms. The van der Waals surface area contributed by atoms with Gasteiger partial charge in [0.15, 0.2) is 5.41 Å². The van der Waals surface area contributed by atoms with E-state index in [9.17, 15) is 9.90 Å². The van der Waals surface area contributed by atoms with Crippen molar-refractivity contribution >= 4 is 11.5 Å². The summed E-state index contributed by atoms with van der Waals surface area (Å²) < 4.78 is 0. The first-order valence-corrected chi connectivity index (χ1v) is 5.68. The predicted octanol–water partition coefficient (Wildman–Crippen LogP) is 3.01. The summed E-state index contributed by atoms with van der Waals surface area (Å²) >= 11 is 0. The predicted molar refractivity (Wildman–Crippen MR) is 68.5 cm³/mol. The highest BCUT2D eigenvalue weighted by molar-refractivity contribution is 5.87. The first kappa shape index (κ1) is 12.1. The highest BCUT2D eigenvalue weighted by atomic mass is 16.4. The summed E-state index contributed by atoms with van der Waals surface area (Å²) in [4.78, 5) is 11.3. The average molecular weight is 239 g/mol. The van der Waals surface area contributed by atoms with Crippen molar-refractivity contribution < 1.29 is 9.90 Å². The van der Waals surface area contributed by atoms with Crippen LogP contribution in [0.4, 0.5) is 0 Å². The Morgan fingerprint density at radius 3 is 2.61 bits per heavy atom. The third-order valence-electron chi connectivity index (χ3n) is 3.25. The summed E-state index contributed by atoms with van der Waals surface area (Å²) in [7, 11) is 0. The highest BCUT2D eigenvalue weighted by Gasteiger charge is 2.39. The number of carbonyl (C=O) groups is 1. The number of hydrogen-bond acceptors (Lipinski definition) is 2. The third-order valence-corrected chi connectivity index (χ3v) is 3.25. The summed E-state index contributed by atoms with van der Waals surface area (Å²) in [6.45, 7) is 1.93. The van der Waals surface area contributed by atoms with Gasteiger partial charge >= 0.3 is 5.97 Å². The average Bonchev–Trinajstić information content (AvgIpc) is 2.40. The largest absolute Gasteiger partial charge is 0.480 e. The van der Waals surface area contributed by atoms with Gasteiger partial charge in [0.25, 0.3) is 0 Å². The molecule has 0 saturated heterocycles. The van der Waals surface area contributed by atoms with Gasteiger partial charge in [-0.25, -0.2) is 0 Å². The molecule has 3 heteroatoms. The van der Waals surface area contributed by atoms with Gasteiger partial charge in [0, 0.05) is 6.42 Å². The minimum atomic E-state index is -1.44. The van der Waals surface area contributed by atoms with E-state index in [0.29, 0.717) is 0 Å². The maximum atomic E-state index is 11.3. The third kappa shape index (κ3) is 1.93. The zero-order valence-corrected chi connectivity index (χ0v) is 10.1. The zero-order valence-electron chi connectivity index (χ0n) is 10.1. The Morgan fingerprint density at radius 2 is 2.06 bits per heavy atom. The lowest BCUT2D eigenvalue weighted by Gasteiger charge is -2.25. The molecule has 1 aromatic carbocycles. The maximum absolute atomic E-state index is 11.3. The van der Waals surface area contributed by atoms with E-state index >= 15 is 0 Å². The molecule has 0 aliphatic heterocycles. The number of nitriles is 1. The van der Waals surface area contributed by atoms with E-state index in [-0.39, 0.29) is 6.42 Å². The Hall–Kier alpha value is -2.34. The zero-order chi connectivity index (χ0) is 13.2. The molecular weight excluding hydrogens is 226 g/mol. The summed E-state index contributed by atoms with van der Waals surface area (Å²) in [5.41, 5.74) is 1.46. The van der Waals surface area contributed by atoms with E-state index in [0.717, 1.165) is 16.7 Å². The molecule has 0 radical (unpaired) electrons. The molecular formula is C15H13NO2. The monoisotopic (exact) mass is 239 g/mol. The van der Waals surface area contributed by atoms with Gasteiger partial charge < -0.3 is 5.11 Å². The van der Waals surface area contributed by atoms with Gasteiger partial charge in [-0.3, -0.25) is 4.79 Å². The molecule has 1 unspecified atom stereocenters. The molecule has 1 aliphatic carbocycles. The molecule has 2 rings (SSSR count). The molecule has 3 nitrogen and oxygen atoms in total. The highest BCUT2D eigenvalue weighted by Crippen LogP contribution is 2.38. The van der Waals surface area contributed by atoms with Crippen molar-refractivity contribution in [3.8, 4) is 6.07 Å². The normalized spacial score (nSPS) is 22.7. The van der Waals surface area contributed by atoms with Crippen LogP contribution in [0.2, 0.25) is 0 Å². The van der Waals surface area contributed by atoms with Gasteiger partial charge in [0.2, 0.25) is 0 Å². The number of aliphatic carboxylic acids is 1. The summed E-state index contributed by atoms with van der Waals surface area (Å²) in [6.07, 6.45) is 3.42. The van der Waals surface area contributed by atoms with Crippen LogP contribution in [0.1, 0.15) is 18.9 Å². The maximum Gasteiger partial charge on any atom is 0.328 e. The van der Waals surface area contributed by atoms with Crippen LogP contribution in [-0.2, 0) is 4.79 Å². The van der Waals surface area contributed by atoms with Gasteiger partial charge in [-0.1, -0.05) is 42.5 Å². The Morgan fingerprint density at radius 1 is 1.39 bits per heavy atom. The second-order valence-corrected chi connectivity index (χ2v) is 4.43. The Labute approximate surface area is 106 Å². The van der Waals surface area contributed by atoms with Crippen molar-refractivity contribution in [1.82, 2.24) is 0 Å². The lowest BCUT2D eigenvalue weighted by atomic mass is 9.76. The van der Waals surface area contributed by atoms with Crippen LogP contribution in [-0.4, -0.2) is 11.1 Å². The van der Waals surface area contributed by atoms with E-state index in [1.165, 1.54) is 6.08 Å². The van der Waals surface area contributed by atoms with Crippen molar-refractivity contribution in [2.24, 2.45) is 5.41 Å². The van der Waals surface area contributed by atoms with Gasteiger partial charge in [-0.05, 0) is 23.6 Å². The molecule has 90 valence electrons. The second kappa shape index (κ2) is 4.50. The minimum absolute atomic E-state index is 0.213. The molecule has 1 aromatic rings. The fourth-order valence-corrected chi connectivity index (χ4v) is 2.09. The van der Waals surface area contributed by atoms with Gasteiger partial charge in [-0.15, -0.1) is 0 Å². The number of allylic oxidation sites excluding steroid dienone is 3. The molecule has 0 fully saturated rings. The van der Waals surface area contributed by atoms with E-state index in [2.05, 4.69) is 0 Å². The molecule has 0 spiro atoms. The van der Waals surface area contributed by atoms with Crippen molar-refractivity contribution in [3.63, 3.8) is 0 Å². The van der Waals surface area contributed by atoms with E-state index in [1.807, 2.05) is 43.3 Å². The Balaban J connectivity index is 2.47. The van der Waals surface area contributed by atoms with Crippen LogP contribution in [0.3, 0.4) is 0 Å². The smallest absolute Gasteiger partial charge is 0.328 e. The molecule has 0 aromatic heterocycles. The minimum Gasteiger partial charge on any atom is -0.480 e. The fourth-order valence-electron chi connectivity index (χ4n) is 2.09. The molecule has 0 bridgehead atoms. The van der Waals surface area contributed by atoms with Gasteiger partial charge in [-0.2, -0.15) is 5.26 Å². The van der Waals surface area contributed by atoms with Gasteiger partial charge in [0.1, 0.15) is 0 Å². The van der Waals surface area contributed by atoms with E-state index in [1.54, 1.807) is 6.08 Å². The first-order chi connectivity index (χ1) is 8.59. The molecule has 1 aliphatic rings. The van der Waals surface area contributed by atoms with Crippen LogP contribution in [0.25, 0.3) is 5.57 Å². The summed E-state index contributed by atoms with van der Waals surface area (Å²) in [5.74, 6) is -1.10. The number of carboxylic acid groups (broad SMARTS) is 1. The lowest BCUT2D eigenvalue weighted by Crippen LogP contribution is -2.29. The lowest BCUT2D eigenvalue weighted by molar-refractivity contribution is -0.143. The Bertz CT molecular complexity index is 578. The Kier molecular flexibility index (Phi) is 3.03. The molecule has 0 heterocycles. The van der Waals surface area contributed by atoms with Crippen molar-refractivity contribution in [2.75, 3.05) is 0 Å². The standard InChI is InChI=1S/C15H13NO2/c1-11-7-8-15(10-16,14(17)18)9-13(11)12-5-3-2-4-6-12/h2-8H,9H2,1H3,(H,17,18). The summed E-state index contributed by atoms with van der Waals surface area (Å²) in [6, 6.07) is 11.5. The summed E-state index contributed by atoms with van der Waals surface area (Å²) in [5, 5.41) is 18.4. The van der Waals surface area contributed by atoms with Crippen molar-refractivity contribution in [3.05, 3.63) is 53.6 Å². The van der Waals surface area contributed by atoms with Crippen LogP contribution >= 0.6 is 0 Å².